The lowest BCUT2D eigenvalue weighted by atomic mass is 10.1. The molecule has 0 unspecified atom stereocenters. The first-order valence-corrected chi connectivity index (χ1v) is 8.14. The van der Waals surface area contributed by atoms with Crippen LogP contribution in [0.1, 0.15) is 39.0 Å². The molecule has 0 aliphatic rings. The minimum atomic E-state index is -1.12. The zero-order valence-electron chi connectivity index (χ0n) is 15.4. The molecular formula is C19H20FNO6. The smallest absolute Gasteiger partial charge is 0.344 e. The van der Waals surface area contributed by atoms with E-state index >= 15 is 0 Å². The molecule has 1 heterocycles. The van der Waals surface area contributed by atoms with E-state index in [2.05, 4.69) is 4.98 Å². The van der Waals surface area contributed by atoms with E-state index in [1.165, 1.54) is 32.2 Å². The predicted octanol–water partition coefficient (Wildman–Crippen LogP) is 2.75. The molecular weight excluding hydrogens is 357 g/mol. The fourth-order valence-corrected chi connectivity index (χ4v) is 2.59. The lowest BCUT2D eigenvalue weighted by molar-refractivity contribution is -0.148. The Labute approximate surface area is 155 Å². The topological polar surface area (TPSA) is 94.7 Å². The van der Waals surface area contributed by atoms with Crippen LogP contribution in [0.25, 0.3) is 0 Å². The van der Waals surface area contributed by atoms with Crippen LogP contribution in [-0.4, -0.2) is 42.5 Å². The van der Waals surface area contributed by atoms with Gasteiger partial charge >= 0.3 is 11.9 Å². The number of ketones is 1. The van der Waals surface area contributed by atoms with Crippen LogP contribution in [-0.2, 0) is 14.3 Å². The summed E-state index contributed by atoms with van der Waals surface area (Å²) in [7, 11) is 1.25. The first-order chi connectivity index (χ1) is 12.8. The molecule has 8 heteroatoms. The van der Waals surface area contributed by atoms with E-state index in [1.807, 2.05) is 0 Å². The van der Waals surface area contributed by atoms with Crippen molar-refractivity contribution in [1.82, 2.24) is 4.98 Å². The van der Waals surface area contributed by atoms with Gasteiger partial charge in [0.05, 0.1) is 18.4 Å². The second-order valence-corrected chi connectivity index (χ2v) is 5.83. The molecule has 0 amide bonds. The Hall–Kier alpha value is -3.16. The molecule has 0 saturated heterocycles. The maximum Gasteiger partial charge on any atom is 0.344 e. The number of aromatic nitrogens is 1. The minimum absolute atomic E-state index is 0.0908. The van der Waals surface area contributed by atoms with Gasteiger partial charge in [0.25, 0.3) is 0 Å². The van der Waals surface area contributed by atoms with Crippen LogP contribution >= 0.6 is 0 Å². The molecule has 7 nitrogen and oxygen atoms in total. The number of hydrogen-bond acceptors (Lipinski definition) is 6. The van der Waals surface area contributed by atoms with Crippen LogP contribution in [0.5, 0.6) is 5.75 Å². The third-order valence-corrected chi connectivity index (χ3v) is 3.93. The van der Waals surface area contributed by atoms with Gasteiger partial charge in [0, 0.05) is 5.69 Å². The molecule has 1 aromatic carbocycles. The van der Waals surface area contributed by atoms with Gasteiger partial charge in [-0.3, -0.25) is 4.79 Å². The molecule has 27 heavy (non-hydrogen) atoms. The van der Waals surface area contributed by atoms with Gasteiger partial charge in [0.2, 0.25) is 5.78 Å². The van der Waals surface area contributed by atoms with Crippen molar-refractivity contribution < 1.29 is 33.0 Å². The Morgan fingerprint density at radius 2 is 1.85 bits per heavy atom. The summed E-state index contributed by atoms with van der Waals surface area (Å²) in [4.78, 5) is 39.0. The van der Waals surface area contributed by atoms with E-state index in [9.17, 15) is 18.8 Å². The number of aryl methyl sites for hydroxylation is 1. The summed E-state index contributed by atoms with van der Waals surface area (Å²) in [6, 6.07) is 5.62. The fraction of sp³-hybridized carbons (Fsp3) is 0.316. The third-order valence-electron chi connectivity index (χ3n) is 3.93. The van der Waals surface area contributed by atoms with Gasteiger partial charge in [-0.2, -0.15) is 0 Å². The number of aromatic amines is 1. The van der Waals surface area contributed by atoms with Gasteiger partial charge < -0.3 is 19.2 Å². The van der Waals surface area contributed by atoms with Crippen molar-refractivity contribution in [2.24, 2.45) is 0 Å². The number of carbonyl (C=O) groups excluding carboxylic acids is 3. The number of ether oxygens (including phenoxy) is 3. The quantitative estimate of drug-likeness (QED) is 0.589. The minimum Gasteiger partial charge on any atom is -0.479 e. The largest absolute Gasteiger partial charge is 0.479 e. The van der Waals surface area contributed by atoms with E-state index in [0.29, 0.717) is 11.3 Å². The van der Waals surface area contributed by atoms with Gasteiger partial charge in [0.15, 0.2) is 24.3 Å². The van der Waals surface area contributed by atoms with Crippen molar-refractivity contribution in [3.8, 4) is 5.75 Å². The van der Waals surface area contributed by atoms with Gasteiger partial charge in [0.1, 0.15) is 0 Å². The second-order valence-electron chi connectivity index (χ2n) is 5.83. The van der Waals surface area contributed by atoms with Crippen LogP contribution in [0.3, 0.4) is 0 Å². The van der Waals surface area contributed by atoms with Crippen molar-refractivity contribution in [2.45, 2.75) is 26.9 Å². The number of para-hydroxylation sites is 1. The normalized spacial score (nSPS) is 11.6. The highest BCUT2D eigenvalue weighted by molar-refractivity contribution is 6.03. The average molecular weight is 377 g/mol. The molecule has 0 aliphatic heterocycles. The highest BCUT2D eigenvalue weighted by Crippen LogP contribution is 2.21. The highest BCUT2D eigenvalue weighted by atomic mass is 19.1. The molecule has 2 aromatic rings. The first-order valence-electron chi connectivity index (χ1n) is 8.14. The number of nitrogens with one attached hydrogen (secondary N) is 1. The first kappa shape index (κ1) is 20.2. The van der Waals surface area contributed by atoms with Crippen molar-refractivity contribution in [2.75, 3.05) is 13.7 Å². The maximum atomic E-state index is 13.5. The molecule has 0 saturated carbocycles. The summed E-state index contributed by atoms with van der Waals surface area (Å²) in [5.41, 5.74) is 1.31. The summed E-state index contributed by atoms with van der Waals surface area (Å²) in [6.45, 7) is 4.08. The number of halogens is 1. The Bertz CT molecular complexity index is 873. The Kier molecular flexibility index (Phi) is 6.33. The van der Waals surface area contributed by atoms with Crippen LogP contribution in [0.15, 0.2) is 24.3 Å². The summed E-state index contributed by atoms with van der Waals surface area (Å²) in [6.07, 6.45) is -1.12. The van der Waals surface area contributed by atoms with Crippen molar-refractivity contribution >= 4 is 17.7 Å². The van der Waals surface area contributed by atoms with Gasteiger partial charge in [-0.1, -0.05) is 12.1 Å². The lowest BCUT2D eigenvalue weighted by Gasteiger charge is -2.13. The van der Waals surface area contributed by atoms with Gasteiger partial charge in [-0.05, 0) is 38.5 Å². The molecule has 0 aliphatic carbocycles. The number of rotatable bonds is 7. The monoisotopic (exact) mass is 377 g/mol. The van der Waals surface area contributed by atoms with Crippen LogP contribution in [0.4, 0.5) is 4.39 Å². The van der Waals surface area contributed by atoms with E-state index < -0.39 is 36.2 Å². The number of esters is 2. The molecule has 144 valence electrons. The molecule has 0 radical (unpaired) electrons. The van der Waals surface area contributed by atoms with Gasteiger partial charge in [-0.15, -0.1) is 0 Å². The third kappa shape index (κ3) is 4.52. The van der Waals surface area contributed by atoms with E-state index in [1.54, 1.807) is 19.9 Å². The predicted molar refractivity (Wildman–Crippen MR) is 93.4 cm³/mol. The molecule has 0 bridgehead atoms. The SMILES string of the molecule is COC(=O)c1c(C)[nH]c(C(=O)[C@H](C)OC(=O)COc2ccccc2F)c1C. The van der Waals surface area contributed by atoms with Crippen LogP contribution < -0.4 is 4.74 Å². The van der Waals surface area contributed by atoms with E-state index in [0.717, 1.165) is 0 Å². The van der Waals surface area contributed by atoms with Crippen molar-refractivity contribution in [1.29, 1.82) is 0 Å². The Morgan fingerprint density at radius 3 is 2.48 bits per heavy atom. The zero-order chi connectivity index (χ0) is 20.1. The number of methoxy groups -OCH3 is 1. The Morgan fingerprint density at radius 1 is 1.19 bits per heavy atom. The number of benzene rings is 1. The number of Topliss-reactive ketones (excluding diaryl/α,β-unsaturated/α-hetero) is 1. The standard InChI is InChI=1S/C19H20FNO6/c1-10-16(19(24)25-4)11(2)21-17(10)18(23)12(3)27-15(22)9-26-14-8-6-5-7-13(14)20/h5-8,12,21H,9H2,1-4H3/t12-/m0/s1. The Balaban J connectivity index is 2.02. The fourth-order valence-electron chi connectivity index (χ4n) is 2.59. The molecule has 0 fully saturated rings. The lowest BCUT2D eigenvalue weighted by Crippen LogP contribution is -2.28. The summed E-state index contributed by atoms with van der Waals surface area (Å²) in [5, 5.41) is 0. The number of hydrogen-bond donors (Lipinski definition) is 1. The van der Waals surface area contributed by atoms with E-state index in [4.69, 9.17) is 14.2 Å². The summed E-state index contributed by atoms with van der Waals surface area (Å²) in [5.74, 6) is -2.60. The molecule has 1 N–H and O–H groups in total. The highest BCUT2D eigenvalue weighted by Gasteiger charge is 2.27. The number of carbonyl (C=O) groups is 3. The number of H-pyrrole nitrogens is 1. The van der Waals surface area contributed by atoms with E-state index in [-0.39, 0.29) is 17.0 Å². The van der Waals surface area contributed by atoms with Crippen LogP contribution in [0.2, 0.25) is 0 Å². The molecule has 0 spiro atoms. The zero-order valence-corrected chi connectivity index (χ0v) is 15.4. The summed E-state index contributed by atoms with van der Waals surface area (Å²) < 4.78 is 28.2. The molecule has 1 atom stereocenters. The average Bonchev–Trinajstić information content (AvgIpc) is 2.94. The second kappa shape index (κ2) is 8.48. The van der Waals surface area contributed by atoms with Crippen molar-refractivity contribution in [3.63, 3.8) is 0 Å². The molecule has 2 rings (SSSR count). The maximum absolute atomic E-state index is 13.5. The molecule has 1 aromatic heterocycles. The van der Waals surface area contributed by atoms with Crippen LogP contribution in [0, 0.1) is 19.7 Å². The van der Waals surface area contributed by atoms with Gasteiger partial charge in [-0.25, -0.2) is 14.0 Å². The van der Waals surface area contributed by atoms with Crippen molar-refractivity contribution in [3.05, 3.63) is 52.6 Å². The summed E-state index contributed by atoms with van der Waals surface area (Å²) >= 11 is 0.